The van der Waals surface area contributed by atoms with Crippen molar-refractivity contribution in [2.75, 3.05) is 0 Å². The maximum atomic E-state index is 8.11. The Morgan fingerprint density at radius 1 is 1.43 bits per heavy atom. The Hall–Kier alpha value is -0.790. The van der Waals surface area contributed by atoms with Gasteiger partial charge in [-0.05, 0) is 0 Å². The van der Waals surface area contributed by atoms with Gasteiger partial charge in [0.25, 0.3) is 0 Å². The van der Waals surface area contributed by atoms with E-state index in [1.165, 1.54) is 0 Å². The Morgan fingerprint density at radius 2 is 2.00 bits per heavy atom. The molecule has 0 saturated heterocycles. The molecule has 0 saturated carbocycles. The van der Waals surface area contributed by atoms with E-state index in [1.54, 1.807) is 0 Å². The first kappa shape index (κ1) is 4.37. The SMILES string of the molecule is ON=C1CC=CC1. The second-order valence-electron chi connectivity index (χ2n) is 1.55. The summed E-state index contributed by atoms with van der Waals surface area (Å²) >= 11 is 0. The Balaban J connectivity index is 2.51. The van der Waals surface area contributed by atoms with Crippen molar-refractivity contribution in [2.45, 2.75) is 12.8 Å². The first-order valence-corrected chi connectivity index (χ1v) is 2.28. The van der Waals surface area contributed by atoms with Gasteiger partial charge >= 0.3 is 0 Å². The molecule has 1 N–H and O–H groups in total. The fourth-order valence-electron chi connectivity index (χ4n) is 0.604. The van der Waals surface area contributed by atoms with Crippen LogP contribution < -0.4 is 0 Å². The molecular formula is C5H7NO. The molecular weight excluding hydrogens is 90.1 g/mol. The van der Waals surface area contributed by atoms with Crippen LogP contribution >= 0.6 is 0 Å². The average molecular weight is 97.1 g/mol. The third kappa shape index (κ3) is 0.796. The predicted octanol–water partition coefficient (Wildman–Crippen LogP) is 1.17. The highest BCUT2D eigenvalue weighted by atomic mass is 16.4. The van der Waals surface area contributed by atoms with E-state index in [2.05, 4.69) is 5.16 Å². The lowest BCUT2D eigenvalue weighted by Gasteiger charge is -1.83. The van der Waals surface area contributed by atoms with Crippen LogP contribution in [-0.2, 0) is 0 Å². The minimum absolute atomic E-state index is 0.830. The Kier molecular flexibility index (Phi) is 1.11. The van der Waals surface area contributed by atoms with Crippen molar-refractivity contribution in [1.82, 2.24) is 0 Å². The highest BCUT2D eigenvalue weighted by Gasteiger charge is 1.98. The molecule has 0 aliphatic heterocycles. The van der Waals surface area contributed by atoms with Crippen molar-refractivity contribution in [3.05, 3.63) is 12.2 Å². The van der Waals surface area contributed by atoms with Gasteiger partial charge in [0.2, 0.25) is 0 Å². The molecule has 0 atom stereocenters. The summed E-state index contributed by atoms with van der Waals surface area (Å²) in [5.74, 6) is 0. The predicted molar refractivity (Wildman–Crippen MR) is 27.6 cm³/mol. The van der Waals surface area contributed by atoms with Gasteiger partial charge < -0.3 is 5.21 Å². The van der Waals surface area contributed by atoms with Crippen LogP contribution in [0.2, 0.25) is 0 Å². The van der Waals surface area contributed by atoms with Gasteiger partial charge in [0.05, 0.1) is 5.71 Å². The van der Waals surface area contributed by atoms with E-state index in [1.807, 2.05) is 12.2 Å². The molecule has 1 aliphatic carbocycles. The molecule has 0 bridgehead atoms. The summed E-state index contributed by atoms with van der Waals surface area (Å²) in [6.45, 7) is 0. The normalized spacial score (nSPS) is 18.0. The molecule has 0 aromatic heterocycles. The lowest BCUT2D eigenvalue weighted by atomic mass is 10.3. The summed E-state index contributed by atoms with van der Waals surface area (Å²) in [4.78, 5) is 0. The van der Waals surface area contributed by atoms with E-state index in [-0.39, 0.29) is 0 Å². The van der Waals surface area contributed by atoms with Crippen LogP contribution in [0.5, 0.6) is 0 Å². The van der Waals surface area contributed by atoms with E-state index in [9.17, 15) is 0 Å². The van der Waals surface area contributed by atoms with Crippen LogP contribution in [0.4, 0.5) is 0 Å². The molecule has 2 heteroatoms. The molecule has 0 spiro atoms. The smallest absolute Gasteiger partial charge is 0.0645 e. The second kappa shape index (κ2) is 1.78. The third-order valence-electron chi connectivity index (χ3n) is 1.02. The van der Waals surface area contributed by atoms with E-state index >= 15 is 0 Å². The van der Waals surface area contributed by atoms with Crippen molar-refractivity contribution < 1.29 is 5.21 Å². The van der Waals surface area contributed by atoms with E-state index in [4.69, 9.17) is 5.21 Å². The first-order chi connectivity index (χ1) is 3.43. The molecule has 38 valence electrons. The van der Waals surface area contributed by atoms with Crippen LogP contribution in [-0.4, -0.2) is 10.9 Å². The monoisotopic (exact) mass is 97.1 g/mol. The molecule has 1 aliphatic rings. The van der Waals surface area contributed by atoms with Crippen LogP contribution in [0, 0.1) is 0 Å². The number of nitrogens with zero attached hydrogens (tertiary/aromatic N) is 1. The number of rotatable bonds is 0. The first-order valence-electron chi connectivity index (χ1n) is 2.28. The van der Waals surface area contributed by atoms with Gasteiger partial charge in [-0.2, -0.15) is 0 Å². The van der Waals surface area contributed by atoms with Gasteiger partial charge in [-0.25, -0.2) is 0 Å². The molecule has 0 amide bonds. The Labute approximate surface area is 42.1 Å². The third-order valence-corrected chi connectivity index (χ3v) is 1.02. The maximum Gasteiger partial charge on any atom is 0.0645 e. The van der Waals surface area contributed by atoms with Gasteiger partial charge in [-0.3, -0.25) is 0 Å². The van der Waals surface area contributed by atoms with Crippen molar-refractivity contribution in [2.24, 2.45) is 5.16 Å². The Bertz CT molecular complexity index is 105. The van der Waals surface area contributed by atoms with Gasteiger partial charge in [0.15, 0.2) is 0 Å². The minimum atomic E-state index is 0.830. The average Bonchev–Trinajstić information content (AvgIpc) is 2.14. The van der Waals surface area contributed by atoms with E-state index < -0.39 is 0 Å². The zero-order valence-electron chi connectivity index (χ0n) is 3.96. The fraction of sp³-hybridized carbons (Fsp3) is 0.400. The van der Waals surface area contributed by atoms with Gasteiger partial charge in [-0.1, -0.05) is 17.3 Å². The van der Waals surface area contributed by atoms with Gasteiger partial charge in [-0.15, -0.1) is 0 Å². The summed E-state index contributed by atoms with van der Waals surface area (Å²) in [6.07, 6.45) is 5.65. The summed E-state index contributed by atoms with van der Waals surface area (Å²) in [7, 11) is 0. The number of allylic oxidation sites excluding steroid dienone is 2. The standard InChI is InChI=1S/C5H7NO/c7-6-5-3-1-2-4-5/h1-2,7H,3-4H2. The Morgan fingerprint density at radius 3 is 2.29 bits per heavy atom. The molecule has 0 aromatic carbocycles. The minimum Gasteiger partial charge on any atom is -0.411 e. The second-order valence-corrected chi connectivity index (χ2v) is 1.55. The summed E-state index contributed by atoms with van der Waals surface area (Å²) < 4.78 is 0. The van der Waals surface area contributed by atoms with Crippen LogP contribution in [0.15, 0.2) is 17.3 Å². The molecule has 0 radical (unpaired) electrons. The highest BCUT2D eigenvalue weighted by Crippen LogP contribution is 2.03. The molecule has 2 nitrogen and oxygen atoms in total. The fourth-order valence-corrected chi connectivity index (χ4v) is 0.604. The van der Waals surface area contributed by atoms with Crippen molar-refractivity contribution in [1.29, 1.82) is 0 Å². The molecule has 0 fully saturated rings. The molecule has 7 heavy (non-hydrogen) atoms. The van der Waals surface area contributed by atoms with Gasteiger partial charge in [0, 0.05) is 12.8 Å². The molecule has 0 heterocycles. The lowest BCUT2D eigenvalue weighted by Crippen LogP contribution is -1.86. The quantitative estimate of drug-likeness (QED) is 0.274. The van der Waals surface area contributed by atoms with Crippen LogP contribution in [0.1, 0.15) is 12.8 Å². The summed E-state index contributed by atoms with van der Waals surface area (Å²) in [6, 6.07) is 0. The van der Waals surface area contributed by atoms with E-state index in [0.717, 1.165) is 18.6 Å². The van der Waals surface area contributed by atoms with Crippen LogP contribution in [0.3, 0.4) is 0 Å². The summed E-state index contributed by atoms with van der Waals surface area (Å²) in [5.41, 5.74) is 0.861. The maximum absolute atomic E-state index is 8.11. The highest BCUT2D eigenvalue weighted by molar-refractivity contribution is 5.88. The van der Waals surface area contributed by atoms with Crippen molar-refractivity contribution >= 4 is 5.71 Å². The zero-order valence-corrected chi connectivity index (χ0v) is 3.96. The number of oxime groups is 1. The lowest BCUT2D eigenvalue weighted by molar-refractivity contribution is 0.317. The molecule has 0 unspecified atom stereocenters. The van der Waals surface area contributed by atoms with Crippen molar-refractivity contribution in [3.63, 3.8) is 0 Å². The van der Waals surface area contributed by atoms with E-state index in [0.29, 0.717) is 0 Å². The topological polar surface area (TPSA) is 32.6 Å². The van der Waals surface area contributed by atoms with Crippen molar-refractivity contribution in [3.8, 4) is 0 Å². The molecule has 1 rings (SSSR count). The summed E-state index contributed by atoms with van der Waals surface area (Å²) in [5, 5.41) is 11.2. The zero-order chi connectivity index (χ0) is 5.11. The van der Waals surface area contributed by atoms with Crippen LogP contribution in [0.25, 0.3) is 0 Å². The largest absolute Gasteiger partial charge is 0.411 e. The van der Waals surface area contributed by atoms with Gasteiger partial charge in [0.1, 0.15) is 0 Å². The number of hydrogen-bond donors (Lipinski definition) is 1. The number of hydrogen-bond acceptors (Lipinski definition) is 2. The molecule has 0 aromatic rings.